The molecule has 1 aliphatic rings. The molecule has 0 saturated carbocycles. The highest BCUT2D eigenvalue weighted by Gasteiger charge is 2.33. The molecule has 1 aromatic heterocycles. The number of nitrogens with one attached hydrogen (secondary N) is 5. The summed E-state index contributed by atoms with van der Waals surface area (Å²) in [7, 11) is 1.54. The second kappa shape index (κ2) is 16.3. The highest BCUT2D eigenvalue weighted by molar-refractivity contribution is 6.07. The number of aromatic nitrogens is 1. The van der Waals surface area contributed by atoms with Crippen molar-refractivity contribution in [1.82, 2.24) is 31.2 Å². The van der Waals surface area contributed by atoms with E-state index in [1.54, 1.807) is 55.6 Å². The summed E-state index contributed by atoms with van der Waals surface area (Å²) in [5, 5.41) is 12.0. The Balaban J connectivity index is 1.72. The van der Waals surface area contributed by atoms with Crippen LogP contribution >= 0.6 is 0 Å². The molecule has 262 valence electrons. The monoisotopic (exact) mass is 674 g/mol. The molecule has 0 spiro atoms. The number of aromatic amines is 1. The van der Waals surface area contributed by atoms with Crippen LogP contribution in [-0.2, 0) is 25.6 Å². The fourth-order valence-corrected chi connectivity index (χ4v) is 5.72. The van der Waals surface area contributed by atoms with Gasteiger partial charge in [-0.3, -0.25) is 28.8 Å². The van der Waals surface area contributed by atoms with Crippen LogP contribution in [0.5, 0.6) is 5.75 Å². The van der Waals surface area contributed by atoms with Crippen molar-refractivity contribution in [2.24, 2.45) is 11.8 Å². The fraction of sp³-hybridized carbons (Fsp3) is 0.444. The van der Waals surface area contributed by atoms with Crippen molar-refractivity contribution in [3.05, 3.63) is 76.2 Å². The number of methoxy groups -OCH3 is 1. The van der Waals surface area contributed by atoms with Crippen LogP contribution in [0.25, 0.3) is 10.8 Å². The number of hydrogen-bond acceptors (Lipinski definition) is 7. The molecule has 4 atom stereocenters. The zero-order valence-corrected chi connectivity index (χ0v) is 28.8. The Labute approximate surface area is 285 Å². The Bertz CT molecular complexity index is 1740. The largest absolute Gasteiger partial charge is 0.497 e. The minimum Gasteiger partial charge on any atom is -0.497 e. The van der Waals surface area contributed by atoms with Crippen molar-refractivity contribution in [1.29, 1.82) is 0 Å². The number of pyridine rings is 1. The molecule has 1 saturated heterocycles. The molecule has 1 aliphatic heterocycles. The van der Waals surface area contributed by atoms with E-state index in [4.69, 9.17) is 4.74 Å². The van der Waals surface area contributed by atoms with Crippen molar-refractivity contribution in [2.75, 3.05) is 20.2 Å². The van der Waals surface area contributed by atoms with Gasteiger partial charge in [0.25, 0.3) is 11.5 Å². The Hall–Kier alpha value is -5.20. The van der Waals surface area contributed by atoms with Crippen LogP contribution in [0.4, 0.5) is 0 Å². The molecule has 3 aromatic rings. The van der Waals surface area contributed by atoms with Crippen molar-refractivity contribution >= 4 is 40.3 Å². The lowest BCUT2D eigenvalue weighted by molar-refractivity contribution is -0.133. The summed E-state index contributed by atoms with van der Waals surface area (Å²) < 4.78 is 5.23. The van der Waals surface area contributed by atoms with E-state index >= 15 is 0 Å². The molecule has 0 radical (unpaired) electrons. The van der Waals surface area contributed by atoms with E-state index in [2.05, 4.69) is 26.3 Å². The summed E-state index contributed by atoms with van der Waals surface area (Å²) in [6, 6.07) is 10.0. The SMILES string of the molecule is COc1ccc(C[C@@H]2NC(=O)[C@H](CC(C)C)NC(=O)CN(C(=O)c3c[nH]c(=O)c4ccccc34)C[C@H](C(C)C)NC(=O)[C@@H](C)NC2=O)cc1. The van der Waals surface area contributed by atoms with E-state index in [0.717, 1.165) is 5.56 Å². The van der Waals surface area contributed by atoms with E-state index in [-0.39, 0.29) is 42.3 Å². The maximum Gasteiger partial charge on any atom is 0.256 e. The van der Waals surface area contributed by atoms with E-state index in [1.165, 1.54) is 18.0 Å². The van der Waals surface area contributed by atoms with Gasteiger partial charge in [0.15, 0.2) is 0 Å². The Kier molecular flexibility index (Phi) is 12.2. The van der Waals surface area contributed by atoms with Crippen LogP contribution in [0, 0.1) is 11.8 Å². The van der Waals surface area contributed by atoms with Gasteiger partial charge >= 0.3 is 0 Å². The minimum atomic E-state index is -1.07. The molecule has 1 fully saturated rings. The number of carbonyl (C=O) groups is 5. The Morgan fingerprint density at radius 1 is 0.837 bits per heavy atom. The number of carbonyl (C=O) groups excluding carboxylic acids is 5. The molecular weight excluding hydrogens is 628 g/mol. The molecule has 2 heterocycles. The maximum atomic E-state index is 14.2. The third-order valence-electron chi connectivity index (χ3n) is 8.55. The third-order valence-corrected chi connectivity index (χ3v) is 8.55. The van der Waals surface area contributed by atoms with E-state index in [1.807, 2.05) is 27.7 Å². The Morgan fingerprint density at radius 2 is 1.49 bits per heavy atom. The predicted molar refractivity (Wildman–Crippen MR) is 185 cm³/mol. The molecule has 13 nitrogen and oxygen atoms in total. The van der Waals surface area contributed by atoms with Crippen LogP contribution in [-0.4, -0.2) is 83.8 Å². The number of benzene rings is 2. The second-order valence-corrected chi connectivity index (χ2v) is 13.2. The van der Waals surface area contributed by atoms with Crippen LogP contribution in [0.1, 0.15) is 57.0 Å². The van der Waals surface area contributed by atoms with Gasteiger partial charge in [0.2, 0.25) is 23.6 Å². The zero-order chi connectivity index (χ0) is 35.8. The van der Waals surface area contributed by atoms with Gasteiger partial charge in [0.05, 0.1) is 19.2 Å². The van der Waals surface area contributed by atoms with Gasteiger partial charge in [-0.15, -0.1) is 0 Å². The van der Waals surface area contributed by atoms with Crippen LogP contribution in [0.2, 0.25) is 0 Å². The lowest BCUT2D eigenvalue weighted by Crippen LogP contribution is -2.57. The molecule has 5 N–H and O–H groups in total. The third kappa shape index (κ3) is 9.46. The number of H-pyrrole nitrogens is 1. The molecule has 0 unspecified atom stereocenters. The molecule has 2 aromatic carbocycles. The van der Waals surface area contributed by atoms with Crippen molar-refractivity contribution in [3.63, 3.8) is 0 Å². The predicted octanol–water partition coefficient (Wildman–Crippen LogP) is 1.90. The van der Waals surface area contributed by atoms with Gasteiger partial charge in [0, 0.05) is 36.0 Å². The van der Waals surface area contributed by atoms with Gasteiger partial charge in [-0.1, -0.05) is 58.0 Å². The number of amides is 5. The first-order valence-electron chi connectivity index (χ1n) is 16.5. The normalized spacial score (nSPS) is 21.3. The molecule has 0 aliphatic carbocycles. The van der Waals surface area contributed by atoms with Crippen LogP contribution < -0.4 is 31.6 Å². The highest BCUT2D eigenvalue weighted by atomic mass is 16.5. The summed E-state index contributed by atoms with van der Waals surface area (Å²) in [5.41, 5.74) is 0.552. The van der Waals surface area contributed by atoms with Gasteiger partial charge in [-0.25, -0.2) is 0 Å². The number of ether oxygens (including phenoxy) is 1. The molecule has 13 heteroatoms. The average molecular weight is 675 g/mol. The quantitative estimate of drug-likeness (QED) is 0.254. The summed E-state index contributed by atoms with van der Waals surface area (Å²) in [5.74, 6) is -2.36. The smallest absolute Gasteiger partial charge is 0.256 e. The van der Waals surface area contributed by atoms with E-state index < -0.39 is 60.2 Å². The number of nitrogens with zero attached hydrogens (tertiary/aromatic N) is 1. The van der Waals surface area contributed by atoms with Gasteiger partial charge in [-0.05, 0) is 48.9 Å². The lowest BCUT2D eigenvalue weighted by atomic mass is 10.0. The average Bonchev–Trinajstić information content (AvgIpc) is 3.06. The van der Waals surface area contributed by atoms with E-state index in [9.17, 15) is 28.8 Å². The first kappa shape index (κ1) is 36.6. The van der Waals surface area contributed by atoms with Crippen molar-refractivity contribution < 1.29 is 28.7 Å². The van der Waals surface area contributed by atoms with Gasteiger partial charge < -0.3 is 35.9 Å². The van der Waals surface area contributed by atoms with Crippen LogP contribution in [0.15, 0.2) is 59.5 Å². The molecular formula is C36H46N6O7. The minimum absolute atomic E-state index is 0.00981. The van der Waals surface area contributed by atoms with Crippen LogP contribution in [0.3, 0.4) is 0 Å². The highest BCUT2D eigenvalue weighted by Crippen LogP contribution is 2.18. The molecule has 4 rings (SSSR count). The first-order chi connectivity index (χ1) is 23.3. The first-order valence-corrected chi connectivity index (χ1v) is 16.5. The standard InChI is InChI=1S/C36H46N6O7/c1-20(2)15-28-35(47)40-29(16-23-11-13-24(49-6)14-12-23)34(46)38-22(5)32(44)41-30(21(3)4)18-42(19-31(43)39-28)36(48)27-17-37-33(45)26-10-8-7-9-25(26)27/h7-14,17,20-22,28-30H,15-16,18-19H2,1-6H3,(H,37,45)(H,38,46)(H,39,43)(H,40,47)(H,41,44)/t22-,28+,29+,30-/m1/s1. The molecule has 49 heavy (non-hydrogen) atoms. The second-order valence-electron chi connectivity index (χ2n) is 13.2. The summed E-state index contributed by atoms with van der Waals surface area (Å²) in [4.78, 5) is 85.1. The zero-order valence-electron chi connectivity index (χ0n) is 28.8. The molecule has 5 amide bonds. The van der Waals surface area contributed by atoms with Gasteiger partial charge in [0.1, 0.15) is 23.9 Å². The van der Waals surface area contributed by atoms with Crippen molar-refractivity contribution in [2.45, 2.75) is 71.6 Å². The summed E-state index contributed by atoms with van der Waals surface area (Å²) >= 11 is 0. The summed E-state index contributed by atoms with van der Waals surface area (Å²) in [6.07, 6.45) is 1.69. The lowest BCUT2D eigenvalue weighted by Gasteiger charge is -2.31. The number of fused-ring (bicyclic) bond motifs is 1. The topological polar surface area (TPSA) is 179 Å². The maximum absolute atomic E-state index is 14.2. The number of hydrogen-bond donors (Lipinski definition) is 5. The van der Waals surface area contributed by atoms with E-state index in [0.29, 0.717) is 16.5 Å². The molecule has 0 bridgehead atoms. The number of rotatable bonds is 7. The summed E-state index contributed by atoms with van der Waals surface area (Å²) in [6.45, 7) is 8.58. The van der Waals surface area contributed by atoms with Gasteiger partial charge in [-0.2, -0.15) is 0 Å². The Morgan fingerprint density at radius 3 is 2.12 bits per heavy atom. The fourth-order valence-electron chi connectivity index (χ4n) is 5.72. The van der Waals surface area contributed by atoms with Crippen molar-refractivity contribution in [3.8, 4) is 5.75 Å².